The maximum atomic E-state index is 11.9. The minimum atomic E-state index is -1.12. The van der Waals surface area contributed by atoms with Gasteiger partial charge in [0.1, 0.15) is 11.7 Å². The van der Waals surface area contributed by atoms with E-state index < -0.39 is 11.7 Å². The zero-order chi connectivity index (χ0) is 15.2. The van der Waals surface area contributed by atoms with Crippen LogP contribution in [0.3, 0.4) is 0 Å². The zero-order valence-electron chi connectivity index (χ0n) is 12.8. The molecule has 1 amide bonds. The van der Waals surface area contributed by atoms with Crippen molar-refractivity contribution < 1.29 is 19.4 Å². The molecule has 0 aromatic rings. The molecule has 0 aromatic heterocycles. The maximum absolute atomic E-state index is 11.9. The van der Waals surface area contributed by atoms with Crippen LogP contribution in [0.2, 0.25) is 0 Å². The van der Waals surface area contributed by atoms with Gasteiger partial charge in [-0.25, -0.2) is 0 Å². The first-order valence-corrected chi connectivity index (χ1v) is 7.47. The molecule has 116 valence electrons. The fourth-order valence-corrected chi connectivity index (χ4v) is 2.38. The molecule has 1 saturated heterocycles. The lowest BCUT2D eigenvalue weighted by molar-refractivity contribution is -0.157. The van der Waals surface area contributed by atoms with E-state index in [-0.39, 0.29) is 24.2 Å². The SMILES string of the molecule is CC(C)(C)OC(=O)C[C@H]1CCCCCCNC(=O)C1O. The monoisotopic (exact) mass is 285 g/mol. The van der Waals surface area contributed by atoms with Gasteiger partial charge < -0.3 is 15.2 Å². The Kier molecular flexibility index (Phi) is 6.46. The summed E-state index contributed by atoms with van der Waals surface area (Å²) in [5, 5.41) is 12.8. The molecular weight excluding hydrogens is 258 g/mol. The van der Waals surface area contributed by atoms with Crippen molar-refractivity contribution in [3.8, 4) is 0 Å². The number of carbonyl (C=O) groups excluding carboxylic acids is 2. The molecule has 5 heteroatoms. The third-order valence-corrected chi connectivity index (χ3v) is 3.36. The number of nitrogens with one attached hydrogen (secondary N) is 1. The van der Waals surface area contributed by atoms with Gasteiger partial charge in [-0.1, -0.05) is 19.3 Å². The zero-order valence-corrected chi connectivity index (χ0v) is 12.8. The average Bonchev–Trinajstić information content (AvgIpc) is 2.32. The molecule has 2 atom stereocenters. The first kappa shape index (κ1) is 17.0. The van der Waals surface area contributed by atoms with E-state index in [1.807, 2.05) is 0 Å². The Labute approximate surface area is 121 Å². The molecule has 5 nitrogen and oxygen atoms in total. The van der Waals surface area contributed by atoms with Crippen LogP contribution >= 0.6 is 0 Å². The van der Waals surface area contributed by atoms with E-state index in [0.29, 0.717) is 13.0 Å². The van der Waals surface area contributed by atoms with Gasteiger partial charge >= 0.3 is 5.97 Å². The van der Waals surface area contributed by atoms with E-state index in [4.69, 9.17) is 4.74 Å². The standard InChI is InChI=1S/C15H27NO4/c1-15(2,3)20-12(17)10-11-8-6-4-5-7-9-16-14(19)13(11)18/h11,13,18H,4-10H2,1-3H3,(H,16,19)/t11-,13?/m1/s1. The molecule has 1 aliphatic heterocycles. The Morgan fingerprint density at radius 1 is 1.30 bits per heavy atom. The van der Waals surface area contributed by atoms with Crippen molar-refractivity contribution in [3.63, 3.8) is 0 Å². The highest BCUT2D eigenvalue weighted by atomic mass is 16.6. The summed E-state index contributed by atoms with van der Waals surface area (Å²) in [5.41, 5.74) is -0.541. The van der Waals surface area contributed by atoms with Gasteiger partial charge in [0.05, 0.1) is 6.42 Å². The molecule has 1 unspecified atom stereocenters. The van der Waals surface area contributed by atoms with E-state index in [2.05, 4.69) is 5.32 Å². The fraction of sp³-hybridized carbons (Fsp3) is 0.867. The van der Waals surface area contributed by atoms with E-state index in [9.17, 15) is 14.7 Å². The van der Waals surface area contributed by atoms with Gasteiger partial charge in [0, 0.05) is 12.5 Å². The minimum Gasteiger partial charge on any atom is -0.460 e. The van der Waals surface area contributed by atoms with Crippen molar-refractivity contribution in [2.75, 3.05) is 6.54 Å². The summed E-state index contributed by atoms with van der Waals surface area (Å²) < 4.78 is 5.27. The smallest absolute Gasteiger partial charge is 0.306 e. The molecule has 0 aliphatic carbocycles. The molecule has 1 heterocycles. The van der Waals surface area contributed by atoms with Gasteiger partial charge in [0.2, 0.25) is 5.91 Å². The van der Waals surface area contributed by atoms with Gasteiger partial charge in [-0.2, -0.15) is 0 Å². The average molecular weight is 285 g/mol. The van der Waals surface area contributed by atoms with Crippen LogP contribution in [0.15, 0.2) is 0 Å². The number of aliphatic hydroxyl groups is 1. The number of hydrogen-bond donors (Lipinski definition) is 2. The van der Waals surface area contributed by atoms with Crippen LogP contribution in [0.5, 0.6) is 0 Å². The lowest BCUT2D eigenvalue weighted by atomic mass is 9.90. The topological polar surface area (TPSA) is 75.6 Å². The van der Waals surface area contributed by atoms with Gasteiger partial charge in [-0.15, -0.1) is 0 Å². The lowest BCUT2D eigenvalue weighted by Crippen LogP contribution is -2.41. The molecule has 1 rings (SSSR count). The normalized spacial score (nSPS) is 25.7. The van der Waals surface area contributed by atoms with Crippen LogP contribution < -0.4 is 5.32 Å². The first-order chi connectivity index (χ1) is 9.29. The summed E-state index contributed by atoms with van der Waals surface area (Å²) in [6.07, 6.45) is 3.64. The van der Waals surface area contributed by atoms with Crippen molar-refractivity contribution in [2.24, 2.45) is 5.92 Å². The summed E-state index contributed by atoms with van der Waals surface area (Å²) in [5.74, 6) is -1.09. The Morgan fingerprint density at radius 3 is 2.60 bits per heavy atom. The van der Waals surface area contributed by atoms with Crippen LogP contribution in [0, 0.1) is 5.92 Å². The van der Waals surface area contributed by atoms with E-state index >= 15 is 0 Å². The Hall–Kier alpha value is -1.10. The second-order valence-corrected chi connectivity index (χ2v) is 6.49. The molecule has 20 heavy (non-hydrogen) atoms. The third kappa shape index (κ3) is 6.37. The number of carbonyl (C=O) groups is 2. The highest BCUT2D eigenvalue weighted by Crippen LogP contribution is 2.22. The van der Waals surface area contributed by atoms with Crippen LogP contribution in [-0.2, 0) is 14.3 Å². The van der Waals surface area contributed by atoms with E-state index in [1.165, 1.54) is 0 Å². The van der Waals surface area contributed by atoms with Crippen molar-refractivity contribution in [1.29, 1.82) is 0 Å². The number of hydrogen-bond acceptors (Lipinski definition) is 4. The summed E-state index contributed by atoms with van der Waals surface area (Å²) in [6.45, 7) is 6.01. The van der Waals surface area contributed by atoms with Crippen LogP contribution in [0.4, 0.5) is 0 Å². The van der Waals surface area contributed by atoms with Crippen LogP contribution in [-0.4, -0.2) is 35.2 Å². The first-order valence-electron chi connectivity index (χ1n) is 7.47. The van der Waals surface area contributed by atoms with Crippen molar-refractivity contribution in [2.45, 2.75) is 71.0 Å². The Bertz CT molecular complexity index is 335. The number of esters is 1. The number of amides is 1. The third-order valence-electron chi connectivity index (χ3n) is 3.36. The molecule has 0 radical (unpaired) electrons. The largest absolute Gasteiger partial charge is 0.460 e. The minimum absolute atomic E-state index is 0.0891. The predicted molar refractivity (Wildman–Crippen MR) is 76.1 cm³/mol. The highest BCUT2D eigenvalue weighted by molar-refractivity contribution is 5.81. The summed E-state index contributed by atoms with van der Waals surface area (Å²) >= 11 is 0. The van der Waals surface area contributed by atoms with E-state index in [1.54, 1.807) is 20.8 Å². The van der Waals surface area contributed by atoms with Gasteiger partial charge in [-0.05, 0) is 33.6 Å². The second-order valence-electron chi connectivity index (χ2n) is 6.49. The number of aliphatic hydroxyl groups excluding tert-OH is 1. The predicted octanol–water partition coefficient (Wildman–Crippen LogP) is 1.78. The molecule has 1 aliphatic rings. The second kappa shape index (κ2) is 7.62. The molecule has 0 aromatic carbocycles. The van der Waals surface area contributed by atoms with Gasteiger partial charge in [0.15, 0.2) is 0 Å². The Balaban J connectivity index is 2.61. The summed E-state index contributed by atoms with van der Waals surface area (Å²) in [4.78, 5) is 23.7. The molecule has 0 bridgehead atoms. The molecule has 2 N–H and O–H groups in total. The highest BCUT2D eigenvalue weighted by Gasteiger charge is 2.30. The van der Waals surface area contributed by atoms with Crippen molar-refractivity contribution in [3.05, 3.63) is 0 Å². The number of ether oxygens (including phenoxy) is 1. The summed E-state index contributed by atoms with van der Waals surface area (Å²) in [7, 11) is 0. The van der Waals surface area contributed by atoms with Gasteiger partial charge in [0.25, 0.3) is 0 Å². The summed E-state index contributed by atoms with van der Waals surface area (Å²) in [6, 6.07) is 0. The lowest BCUT2D eigenvalue weighted by Gasteiger charge is -2.25. The molecule has 1 fully saturated rings. The number of rotatable bonds is 2. The van der Waals surface area contributed by atoms with Crippen LogP contribution in [0.1, 0.15) is 59.3 Å². The van der Waals surface area contributed by atoms with Crippen molar-refractivity contribution in [1.82, 2.24) is 5.32 Å². The van der Waals surface area contributed by atoms with E-state index in [0.717, 1.165) is 25.7 Å². The maximum Gasteiger partial charge on any atom is 0.306 e. The van der Waals surface area contributed by atoms with Crippen LogP contribution in [0.25, 0.3) is 0 Å². The molecule has 0 saturated carbocycles. The molecular formula is C15H27NO4. The Morgan fingerprint density at radius 2 is 1.95 bits per heavy atom. The molecule has 0 spiro atoms. The van der Waals surface area contributed by atoms with Gasteiger partial charge in [-0.3, -0.25) is 9.59 Å². The fourth-order valence-electron chi connectivity index (χ4n) is 2.38. The quantitative estimate of drug-likeness (QED) is 0.758. The van der Waals surface area contributed by atoms with Crippen molar-refractivity contribution >= 4 is 11.9 Å².